The molecular formula is C27H28N2Se. The van der Waals surface area contributed by atoms with Crippen molar-refractivity contribution in [3.8, 4) is 6.07 Å². The molecule has 0 saturated carbocycles. The molecule has 0 spiro atoms. The number of aryl methyl sites for hydroxylation is 2. The van der Waals surface area contributed by atoms with E-state index in [1.165, 1.54) is 0 Å². The van der Waals surface area contributed by atoms with Crippen LogP contribution in [0.1, 0.15) is 42.0 Å². The van der Waals surface area contributed by atoms with E-state index in [2.05, 4.69) is 69.3 Å². The topological polar surface area (TPSA) is 36.1 Å². The zero-order valence-corrected chi connectivity index (χ0v) is 19.6. The first kappa shape index (κ1) is 22.0. The van der Waals surface area contributed by atoms with Crippen LogP contribution in [-0.4, -0.2) is 19.6 Å². The summed E-state index contributed by atoms with van der Waals surface area (Å²) in [5, 5.41) is 11.8. The molecule has 0 atom stereocenters. The number of nitriles is 1. The summed E-state index contributed by atoms with van der Waals surface area (Å²) >= 11 is 0.103. The minimum absolute atomic E-state index is 0.103. The van der Waals surface area contributed by atoms with Crippen LogP contribution in [0.4, 0.5) is 5.69 Å². The molecule has 0 radical (unpaired) electrons. The molecule has 0 unspecified atom stereocenters. The fraction of sp³-hybridized carbons (Fsp3) is 0.259. The Morgan fingerprint density at radius 1 is 0.867 bits per heavy atom. The monoisotopic (exact) mass is 460 g/mol. The third-order valence-electron chi connectivity index (χ3n) is 5.29. The van der Waals surface area contributed by atoms with Gasteiger partial charge in [0.05, 0.1) is 0 Å². The molecule has 2 nitrogen and oxygen atoms in total. The number of hydrogen-bond acceptors (Lipinski definition) is 2. The number of hydrogen-bond donors (Lipinski definition) is 0. The predicted octanol–water partition coefficient (Wildman–Crippen LogP) is 6.77. The zero-order chi connectivity index (χ0) is 21.4. The van der Waals surface area contributed by atoms with Crippen LogP contribution < -0.4 is 0 Å². The van der Waals surface area contributed by atoms with E-state index in [1.807, 2.05) is 36.4 Å². The first-order valence-corrected chi connectivity index (χ1v) is 12.5. The summed E-state index contributed by atoms with van der Waals surface area (Å²) in [6.45, 7) is 6.41. The van der Waals surface area contributed by atoms with Crippen LogP contribution in [0, 0.1) is 25.2 Å². The van der Waals surface area contributed by atoms with Crippen molar-refractivity contribution >= 4 is 25.3 Å². The summed E-state index contributed by atoms with van der Waals surface area (Å²) in [6.07, 6.45) is 2.30. The molecule has 0 aromatic heterocycles. The Bertz CT molecular complexity index is 974. The van der Waals surface area contributed by atoms with Gasteiger partial charge < -0.3 is 0 Å². The average molecular weight is 459 g/mol. The summed E-state index contributed by atoms with van der Waals surface area (Å²) in [7, 11) is 0. The number of rotatable bonds is 8. The first-order valence-electron chi connectivity index (χ1n) is 10.4. The second-order valence-corrected chi connectivity index (χ2v) is 9.73. The Morgan fingerprint density at radius 2 is 1.40 bits per heavy atom. The molecule has 3 heteroatoms. The summed E-state index contributed by atoms with van der Waals surface area (Å²) in [4.78, 5) is 5.25. The number of para-hydroxylation sites is 1. The van der Waals surface area contributed by atoms with Gasteiger partial charge in [0, 0.05) is 0 Å². The van der Waals surface area contributed by atoms with Crippen LogP contribution in [0.15, 0.2) is 83.9 Å². The summed E-state index contributed by atoms with van der Waals surface area (Å²) < 4.78 is 0.987. The van der Waals surface area contributed by atoms with Gasteiger partial charge in [0.25, 0.3) is 0 Å². The van der Waals surface area contributed by atoms with Gasteiger partial charge in [0.15, 0.2) is 0 Å². The molecule has 0 fully saturated rings. The van der Waals surface area contributed by atoms with Gasteiger partial charge in [-0.1, -0.05) is 0 Å². The van der Waals surface area contributed by atoms with Crippen LogP contribution in [0.5, 0.6) is 0 Å². The van der Waals surface area contributed by atoms with Crippen molar-refractivity contribution in [3.05, 3.63) is 101 Å². The van der Waals surface area contributed by atoms with E-state index in [4.69, 9.17) is 4.99 Å². The van der Waals surface area contributed by atoms with Gasteiger partial charge in [0.1, 0.15) is 0 Å². The van der Waals surface area contributed by atoms with E-state index in [0.717, 1.165) is 50.7 Å². The standard InChI is InChI=1S/C27H28N2Se/c1-4-5-19-30-26(29-25-21(2)13-12-14-22(25)3)27(20-28,23-15-8-6-9-16-23)24-17-10-7-11-18-24/h6-18H,4-5,19H2,1-3H3. The second-order valence-electron chi connectivity index (χ2n) is 7.45. The van der Waals surface area contributed by atoms with Gasteiger partial charge in [0.2, 0.25) is 0 Å². The molecule has 0 amide bonds. The summed E-state index contributed by atoms with van der Waals surface area (Å²) in [5.41, 5.74) is 4.38. The molecule has 30 heavy (non-hydrogen) atoms. The average Bonchev–Trinajstić information content (AvgIpc) is 2.78. The first-order chi connectivity index (χ1) is 14.6. The van der Waals surface area contributed by atoms with E-state index in [1.54, 1.807) is 0 Å². The SMILES string of the molecule is CCCC[Se]C(=Nc1c(C)cccc1C)C(C#N)(c1ccccc1)c1ccccc1. The molecule has 0 aliphatic rings. The van der Waals surface area contributed by atoms with Crippen molar-refractivity contribution in [1.82, 2.24) is 0 Å². The maximum atomic E-state index is 10.7. The van der Waals surface area contributed by atoms with Crippen LogP contribution in [0.3, 0.4) is 0 Å². The molecule has 3 aromatic carbocycles. The molecule has 0 N–H and O–H groups in total. The molecule has 0 bridgehead atoms. The van der Waals surface area contributed by atoms with E-state index in [0.29, 0.717) is 0 Å². The molecule has 0 aliphatic carbocycles. The van der Waals surface area contributed by atoms with Gasteiger partial charge in [-0.05, 0) is 0 Å². The van der Waals surface area contributed by atoms with E-state index >= 15 is 0 Å². The Balaban J connectivity index is 2.30. The number of benzene rings is 3. The van der Waals surface area contributed by atoms with Gasteiger partial charge in [-0.25, -0.2) is 0 Å². The molecule has 152 valence electrons. The Morgan fingerprint density at radius 3 is 1.87 bits per heavy atom. The molecule has 0 saturated heterocycles. The molecule has 3 rings (SSSR count). The predicted molar refractivity (Wildman–Crippen MR) is 128 cm³/mol. The number of nitrogens with zero attached hydrogens (tertiary/aromatic N) is 2. The summed E-state index contributed by atoms with van der Waals surface area (Å²) in [6, 6.07) is 29.3. The normalized spacial score (nSPS) is 11.9. The van der Waals surface area contributed by atoms with Crippen LogP contribution >= 0.6 is 0 Å². The quantitative estimate of drug-likeness (QED) is 0.208. The summed E-state index contributed by atoms with van der Waals surface area (Å²) in [5.74, 6) is 0. The Labute approximate surface area is 186 Å². The molecule has 0 aliphatic heterocycles. The van der Waals surface area contributed by atoms with E-state index in [9.17, 15) is 5.26 Å². The Hall–Kier alpha value is -2.66. The fourth-order valence-electron chi connectivity index (χ4n) is 3.59. The van der Waals surface area contributed by atoms with Crippen molar-refractivity contribution in [1.29, 1.82) is 5.26 Å². The van der Waals surface area contributed by atoms with Crippen LogP contribution in [0.2, 0.25) is 5.32 Å². The molecular weight excluding hydrogens is 431 g/mol. The third-order valence-corrected chi connectivity index (χ3v) is 7.73. The fourth-order valence-corrected chi connectivity index (χ4v) is 6.27. The second kappa shape index (κ2) is 10.4. The van der Waals surface area contributed by atoms with Gasteiger partial charge >= 0.3 is 187 Å². The van der Waals surface area contributed by atoms with E-state index < -0.39 is 5.41 Å². The maximum absolute atomic E-state index is 10.7. The van der Waals surface area contributed by atoms with Crippen molar-refractivity contribution in [2.45, 2.75) is 44.3 Å². The van der Waals surface area contributed by atoms with Gasteiger partial charge in [-0.3, -0.25) is 0 Å². The third kappa shape index (κ3) is 4.57. The van der Waals surface area contributed by atoms with Crippen molar-refractivity contribution in [2.75, 3.05) is 0 Å². The number of aliphatic imine (C=N–C) groups is 1. The van der Waals surface area contributed by atoms with Crippen molar-refractivity contribution < 1.29 is 0 Å². The molecule has 3 aromatic rings. The minimum atomic E-state index is -0.884. The van der Waals surface area contributed by atoms with Gasteiger partial charge in [-0.15, -0.1) is 0 Å². The number of unbranched alkanes of at least 4 members (excludes halogenated alkanes) is 1. The van der Waals surface area contributed by atoms with Crippen LogP contribution in [-0.2, 0) is 5.41 Å². The van der Waals surface area contributed by atoms with Crippen LogP contribution in [0.25, 0.3) is 0 Å². The van der Waals surface area contributed by atoms with Gasteiger partial charge in [-0.2, -0.15) is 0 Å². The van der Waals surface area contributed by atoms with E-state index in [-0.39, 0.29) is 15.0 Å². The zero-order valence-electron chi connectivity index (χ0n) is 17.9. The van der Waals surface area contributed by atoms with Crippen molar-refractivity contribution in [2.24, 2.45) is 4.99 Å². The van der Waals surface area contributed by atoms with Crippen molar-refractivity contribution in [3.63, 3.8) is 0 Å². The molecule has 0 heterocycles. The Kier molecular flexibility index (Phi) is 7.63.